The number of thiazole rings is 1. The molecule has 0 aliphatic carbocycles. The Labute approximate surface area is 150 Å². The molecule has 0 spiro atoms. The molecule has 2 heterocycles. The second kappa shape index (κ2) is 7.33. The van der Waals surface area contributed by atoms with Crippen molar-refractivity contribution in [3.8, 4) is 11.3 Å². The van der Waals surface area contributed by atoms with E-state index in [0.717, 1.165) is 26.7 Å². The molecule has 1 amide bonds. The second-order valence-electron chi connectivity index (χ2n) is 6.06. The summed E-state index contributed by atoms with van der Waals surface area (Å²) in [6.45, 7) is 4.62. The van der Waals surface area contributed by atoms with Gasteiger partial charge in [0.1, 0.15) is 0 Å². The number of carbonyl (C=O) groups is 2. The number of carboxylic acid groups (broad SMARTS) is 1. The quantitative estimate of drug-likeness (QED) is 0.905. The summed E-state index contributed by atoms with van der Waals surface area (Å²) in [6, 6.07) is 7.09. The van der Waals surface area contributed by atoms with Crippen LogP contribution in [0.15, 0.2) is 24.3 Å². The van der Waals surface area contributed by atoms with E-state index in [-0.39, 0.29) is 18.9 Å². The average molecular weight is 360 g/mol. The summed E-state index contributed by atoms with van der Waals surface area (Å²) >= 11 is 1.48. The van der Waals surface area contributed by atoms with Gasteiger partial charge in [-0.1, -0.05) is 29.8 Å². The Kier molecular flexibility index (Phi) is 5.15. The SMILES string of the molecule is Cc1ccc(-c2nc(C)sc2CC(=O)N2CCOC[C@@H]2C(=O)O)cc1. The lowest BCUT2D eigenvalue weighted by Gasteiger charge is -2.32. The molecule has 1 aromatic carbocycles. The van der Waals surface area contributed by atoms with E-state index in [9.17, 15) is 14.7 Å². The minimum atomic E-state index is -1.03. The van der Waals surface area contributed by atoms with Crippen molar-refractivity contribution >= 4 is 23.2 Å². The first kappa shape index (κ1) is 17.6. The molecule has 132 valence electrons. The lowest BCUT2D eigenvalue weighted by molar-refractivity contribution is -0.157. The fourth-order valence-electron chi connectivity index (χ4n) is 2.87. The Balaban J connectivity index is 1.84. The highest BCUT2D eigenvalue weighted by Gasteiger charge is 2.33. The second-order valence-corrected chi connectivity index (χ2v) is 7.35. The molecule has 1 saturated heterocycles. The number of aromatic nitrogens is 1. The Bertz CT molecular complexity index is 785. The number of aryl methyl sites for hydroxylation is 2. The molecule has 0 radical (unpaired) electrons. The molecule has 1 fully saturated rings. The van der Waals surface area contributed by atoms with Gasteiger partial charge < -0.3 is 14.7 Å². The Morgan fingerprint density at radius 3 is 2.72 bits per heavy atom. The molecule has 2 aromatic rings. The highest BCUT2D eigenvalue weighted by atomic mass is 32.1. The van der Waals surface area contributed by atoms with E-state index in [1.54, 1.807) is 0 Å². The van der Waals surface area contributed by atoms with Gasteiger partial charge in [0.2, 0.25) is 5.91 Å². The number of carbonyl (C=O) groups excluding carboxylic acids is 1. The zero-order valence-electron chi connectivity index (χ0n) is 14.2. The van der Waals surface area contributed by atoms with Crippen molar-refractivity contribution in [2.75, 3.05) is 19.8 Å². The summed E-state index contributed by atoms with van der Waals surface area (Å²) in [4.78, 5) is 30.9. The zero-order valence-corrected chi connectivity index (χ0v) is 15.0. The van der Waals surface area contributed by atoms with Gasteiger partial charge in [0.25, 0.3) is 0 Å². The molecule has 1 aromatic heterocycles. The summed E-state index contributed by atoms with van der Waals surface area (Å²) in [5, 5.41) is 10.2. The standard InChI is InChI=1S/C18H20N2O4S/c1-11-3-5-13(6-4-11)17-15(25-12(2)19-17)9-16(21)20-7-8-24-10-14(20)18(22)23/h3-6,14H,7-10H2,1-2H3,(H,22,23)/t14-/m1/s1. The van der Waals surface area contributed by atoms with Crippen LogP contribution in [0.3, 0.4) is 0 Å². The topological polar surface area (TPSA) is 79.7 Å². The summed E-state index contributed by atoms with van der Waals surface area (Å²) in [5.41, 5.74) is 2.93. The predicted molar refractivity (Wildman–Crippen MR) is 94.7 cm³/mol. The molecule has 0 bridgehead atoms. The van der Waals surface area contributed by atoms with Gasteiger partial charge in [-0.15, -0.1) is 11.3 Å². The number of rotatable bonds is 4. The molecular weight excluding hydrogens is 340 g/mol. The molecular formula is C18H20N2O4S. The van der Waals surface area contributed by atoms with E-state index in [1.807, 2.05) is 38.1 Å². The monoisotopic (exact) mass is 360 g/mol. The maximum Gasteiger partial charge on any atom is 0.328 e. The highest BCUT2D eigenvalue weighted by molar-refractivity contribution is 7.12. The first-order chi connectivity index (χ1) is 12.0. The summed E-state index contributed by atoms with van der Waals surface area (Å²) in [7, 11) is 0. The van der Waals surface area contributed by atoms with Crippen LogP contribution >= 0.6 is 11.3 Å². The molecule has 1 aliphatic heterocycles. The maximum absolute atomic E-state index is 12.7. The summed E-state index contributed by atoms with van der Waals surface area (Å²) < 4.78 is 5.20. The third-order valence-electron chi connectivity index (χ3n) is 4.17. The average Bonchev–Trinajstić information content (AvgIpc) is 2.95. The van der Waals surface area contributed by atoms with Crippen molar-refractivity contribution in [2.45, 2.75) is 26.3 Å². The first-order valence-electron chi connectivity index (χ1n) is 8.09. The lowest BCUT2D eigenvalue weighted by atomic mass is 10.1. The summed E-state index contributed by atoms with van der Waals surface area (Å²) in [5.74, 6) is -1.24. The van der Waals surface area contributed by atoms with Gasteiger partial charge in [0.15, 0.2) is 6.04 Å². The van der Waals surface area contributed by atoms with E-state index >= 15 is 0 Å². The van der Waals surface area contributed by atoms with Crippen LogP contribution in [0, 0.1) is 13.8 Å². The number of morpholine rings is 1. The Morgan fingerprint density at radius 2 is 2.04 bits per heavy atom. The van der Waals surface area contributed by atoms with Gasteiger partial charge in [-0.3, -0.25) is 4.79 Å². The number of amides is 1. The maximum atomic E-state index is 12.7. The molecule has 3 rings (SSSR count). The van der Waals surface area contributed by atoms with Crippen molar-refractivity contribution in [1.82, 2.24) is 9.88 Å². The fraction of sp³-hybridized carbons (Fsp3) is 0.389. The van der Waals surface area contributed by atoms with Crippen LogP contribution < -0.4 is 0 Å². The summed E-state index contributed by atoms with van der Waals surface area (Å²) in [6.07, 6.45) is 0.151. The van der Waals surface area contributed by atoms with E-state index in [4.69, 9.17) is 4.74 Å². The van der Waals surface area contributed by atoms with Gasteiger partial charge in [-0.25, -0.2) is 9.78 Å². The van der Waals surface area contributed by atoms with E-state index in [1.165, 1.54) is 16.2 Å². The van der Waals surface area contributed by atoms with E-state index < -0.39 is 12.0 Å². The number of nitrogens with zero attached hydrogens (tertiary/aromatic N) is 2. The largest absolute Gasteiger partial charge is 0.480 e. The number of benzene rings is 1. The highest BCUT2D eigenvalue weighted by Crippen LogP contribution is 2.29. The predicted octanol–water partition coefficient (Wildman–Crippen LogP) is 2.28. The minimum absolute atomic E-state index is 0.0353. The number of hydrogen-bond acceptors (Lipinski definition) is 5. The zero-order chi connectivity index (χ0) is 18.0. The molecule has 7 heteroatoms. The van der Waals surface area contributed by atoms with E-state index in [0.29, 0.717) is 13.2 Å². The fourth-order valence-corrected chi connectivity index (χ4v) is 3.82. The van der Waals surface area contributed by atoms with Gasteiger partial charge >= 0.3 is 5.97 Å². The van der Waals surface area contributed by atoms with Crippen LogP contribution in [0.4, 0.5) is 0 Å². The normalized spacial score (nSPS) is 17.5. The van der Waals surface area contributed by atoms with Crippen LogP contribution in [0.1, 0.15) is 15.4 Å². The van der Waals surface area contributed by atoms with E-state index in [2.05, 4.69) is 4.98 Å². The first-order valence-corrected chi connectivity index (χ1v) is 8.90. The molecule has 0 saturated carbocycles. The lowest BCUT2D eigenvalue weighted by Crippen LogP contribution is -2.53. The number of hydrogen-bond donors (Lipinski definition) is 1. The van der Waals surface area contributed by atoms with Gasteiger partial charge in [-0.2, -0.15) is 0 Å². The number of aliphatic carboxylic acids is 1. The Morgan fingerprint density at radius 1 is 1.32 bits per heavy atom. The van der Waals surface area contributed by atoms with Crippen LogP contribution in [0.25, 0.3) is 11.3 Å². The van der Waals surface area contributed by atoms with Crippen molar-refractivity contribution < 1.29 is 19.4 Å². The van der Waals surface area contributed by atoms with Gasteiger partial charge in [-0.05, 0) is 13.8 Å². The van der Waals surface area contributed by atoms with Crippen LogP contribution in [0.2, 0.25) is 0 Å². The number of ether oxygens (including phenoxy) is 1. The van der Waals surface area contributed by atoms with Gasteiger partial charge in [0, 0.05) is 17.0 Å². The van der Waals surface area contributed by atoms with Crippen molar-refractivity contribution in [2.24, 2.45) is 0 Å². The molecule has 0 unspecified atom stereocenters. The van der Waals surface area contributed by atoms with Crippen molar-refractivity contribution in [3.63, 3.8) is 0 Å². The van der Waals surface area contributed by atoms with Crippen LogP contribution in [-0.4, -0.2) is 52.7 Å². The smallest absolute Gasteiger partial charge is 0.328 e. The van der Waals surface area contributed by atoms with Crippen LogP contribution in [-0.2, 0) is 20.7 Å². The molecule has 1 N–H and O–H groups in total. The van der Waals surface area contributed by atoms with Crippen molar-refractivity contribution in [3.05, 3.63) is 39.7 Å². The van der Waals surface area contributed by atoms with Gasteiger partial charge in [0.05, 0.1) is 30.3 Å². The van der Waals surface area contributed by atoms with Crippen LogP contribution in [0.5, 0.6) is 0 Å². The Hall–Kier alpha value is -2.25. The molecule has 1 aliphatic rings. The number of carboxylic acids is 1. The molecule has 6 nitrogen and oxygen atoms in total. The molecule has 25 heavy (non-hydrogen) atoms. The third kappa shape index (κ3) is 3.88. The minimum Gasteiger partial charge on any atom is -0.480 e. The van der Waals surface area contributed by atoms with Crippen molar-refractivity contribution in [1.29, 1.82) is 0 Å². The third-order valence-corrected chi connectivity index (χ3v) is 5.15. The molecule has 1 atom stereocenters.